The Morgan fingerprint density at radius 2 is 2.25 bits per heavy atom. The van der Waals surface area contributed by atoms with Crippen LogP contribution in [0.5, 0.6) is 0 Å². The van der Waals surface area contributed by atoms with Crippen LogP contribution >= 0.6 is 11.6 Å². The molecule has 6 heteroatoms. The monoisotopic (exact) mass is 292 g/mol. The van der Waals surface area contributed by atoms with Crippen molar-refractivity contribution in [2.24, 2.45) is 7.05 Å². The van der Waals surface area contributed by atoms with E-state index < -0.39 is 0 Å². The first-order valence-corrected chi connectivity index (χ1v) is 7.27. The summed E-state index contributed by atoms with van der Waals surface area (Å²) in [6.07, 6.45) is 3.38. The molecule has 0 N–H and O–H groups in total. The third kappa shape index (κ3) is 2.12. The molecule has 0 aliphatic heterocycles. The summed E-state index contributed by atoms with van der Waals surface area (Å²) in [5.74, 6) is 2.25. The lowest BCUT2D eigenvalue weighted by Gasteiger charge is -2.06. The van der Waals surface area contributed by atoms with Crippen LogP contribution < -0.4 is 0 Å². The molecular weight excluding hydrogens is 276 g/mol. The summed E-state index contributed by atoms with van der Waals surface area (Å²) in [6.45, 7) is 2.87. The van der Waals surface area contributed by atoms with Gasteiger partial charge < -0.3 is 8.98 Å². The van der Waals surface area contributed by atoms with Gasteiger partial charge in [-0.1, -0.05) is 6.92 Å². The van der Waals surface area contributed by atoms with Crippen LogP contribution in [0.25, 0.3) is 11.2 Å². The number of aromatic nitrogens is 4. The van der Waals surface area contributed by atoms with Crippen molar-refractivity contribution in [1.29, 1.82) is 0 Å². The highest BCUT2D eigenvalue weighted by Crippen LogP contribution is 2.21. The Labute approximate surface area is 122 Å². The highest BCUT2D eigenvalue weighted by molar-refractivity contribution is 6.16. The molecule has 0 unspecified atom stereocenters. The van der Waals surface area contributed by atoms with Crippen LogP contribution in [-0.4, -0.2) is 19.3 Å². The molecule has 20 heavy (non-hydrogen) atoms. The summed E-state index contributed by atoms with van der Waals surface area (Å²) in [5.41, 5.74) is 3.01. The van der Waals surface area contributed by atoms with Gasteiger partial charge in [0.05, 0.1) is 17.8 Å². The molecule has 0 aliphatic carbocycles. The SMILES string of the molecule is CCc1nn(C)c2c1nc(CCl)n2CCc1ccco1. The van der Waals surface area contributed by atoms with E-state index in [0.29, 0.717) is 5.88 Å². The Morgan fingerprint density at radius 1 is 1.40 bits per heavy atom. The molecule has 0 spiro atoms. The first-order valence-electron chi connectivity index (χ1n) is 6.74. The van der Waals surface area contributed by atoms with Crippen LogP contribution in [0.1, 0.15) is 24.2 Å². The van der Waals surface area contributed by atoms with Crippen molar-refractivity contribution in [3.8, 4) is 0 Å². The van der Waals surface area contributed by atoms with Crippen molar-refractivity contribution in [3.05, 3.63) is 35.7 Å². The third-order valence-corrected chi connectivity index (χ3v) is 3.73. The van der Waals surface area contributed by atoms with Crippen LogP contribution in [0.2, 0.25) is 0 Å². The first-order chi connectivity index (χ1) is 9.74. The summed E-state index contributed by atoms with van der Waals surface area (Å²) in [6, 6.07) is 3.88. The number of aryl methyl sites for hydroxylation is 4. The molecule has 106 valence electrons. The van der Waals surface area contributed by atoms with Gasteiger partial charge in [0.15, 0.2) is 5.65 Å². The van der Waals surface area contributed by atoms with E-state index in [4.69, 9.17) is 16.0 Å². The first kappa shape index (κ1) is 13.2. The second kappa shape index (κ2) is 5.32. The van der Waals surface area contributed by atoms with Gasteiger partial charge in [-0.2, -0.15) is 5.10 Å². The molecule has 0 saturated carbocycles. The molecule has 0 aliphatic rings. The average molecular weight is 293 g/mol. The fourth-order valence-corrected chi connectivity index (χ4v) is 2.74. The summed E-state index contributed by atoms with van der Waals surface area (Å²) >= 11 is 6.03. The number of halogens is 1. The van der Waals surface area contributed by atoms with E-state index in [1.54, 1.807) is 6.26 Å². The maximum Gasteiger partial charge on any atom is 0.158 e. The molecule has 0 fully saturated rings. The fourth-order valence-electron chi connectivity index (χ4n) is 2.54. The molecule has 0 saturated heterocycles. The zero-order valence-corrected chi connectivity index (χ0v) is 12.4. The topological polar surface area (TPSA) is 48.8 Å². The lowest BCUT2D eigenvalue weighted by atomic mass is 10.3. The number of alkyl halides is 1. The molecule has 0 bridgehead atoms. The predicted molar refractivity (Wildman–Crippen MR) is 77.8 cm³/mol. The van der Waals surface area contributed by atoms with E-state index >= 15 is 0 Å². The van der Waals surface area contributed by atoms with Gasteiger partial charge >= 0.3 is 0 Å². The van der Waals surface area contributed by atoms with E-state index in [9.17, 15) is 0 Å². The van der Waals surface area contributed by atoms with E-state index in [-0.39, 0.29) is 0 Å². The zero-order valence-electron chi connectivity index (χ0n) is 11.6. The number of imidazole rings is 1. The number of furan rings is 1. The van der Waals surface area contributed by atoms with Crippen molar-refractivity contribution in [2.75, 3.05) is 0 Å². The van der Waals surface area contributed by atoms with Crippen molar-refractivity contribution >= 4 is 22.8 Å². The zero-order chi connectivity index (χ0) is 14.1. The highest BCUT2D eigenvalue weighted by Gasteiger charge is 2.17. The molecular formula is C14H17ClN4O. The van der Waals surface area contributed by atoms with E-state index in [1.807, 2.05) is 23.9 Å². The minimum absolute atomic E-state index is 0.399. The highest BCUT2D eigenvalue weighted by atomic mass is 35.5. The van der Waals surface area contributed by atoms with Gasteiger partial charge in [0.25, 0.3) is 0 Å². The summed E-state index contributed by atoms with van der Waals surface area (Å²) in [5, 5.41) is 4.52. The van der Waals surface area contributed by atoms with Crippen LogP contribution in [0.15, 0.2) is 22.8 Å². The Bertz CT molecular complexity index is 711. The van der Waals surface area contributed by atoms with Gasteiger partial charge in [-0.05, 0) is 18.6 Å². The standard InChI is InChI=1S/C14H17ClN4O/c1-3-11-13-14(18(2)17-11)19(12(9-15)16-13)7-6-10-5-4-8-20-10/h4-5,8H,3,6-7,9H2,1-2H3. The van der Waals surface area contributed by atoms with E-state index in [1.165, 1.54) is 0 Å². The van der Waals surface area contributed by atoms with Crippen LogP contribution in [0.4, 0.5) is 0 Å². The number of rotatable bonds is 5. The van der Waals surface area contributed by atoms with Gasteiger partial charge in [0.1, 0.15) is 17.1 Å². The maximum absolute atomic E-state index is 6.03. The summed E-state index contributed by atoms with van der Waals surface area (Å²) < 4.78 is 9.41. The minimum Gasteiger partial charge on any atom is -0.469 e. The molecule has 3 rings (SSSR count). The van der Waals surface area contributed by atoms with Gasteiger partial charge in [0.2, 0.25) is 0 Å². The molecule has 0 aromatic carbocycles. The number of hydrogen-bond acceptors (Lipinski definition) is 3. The largest absolute Gasteiger partial charge is 0.469 e. The maximum atomic E-state index is 6.03. The second-order valence-corrected chi connectivity index (χ2v) is 5.01. The lowest BCUT2D eigenvalue weighted by Crippen LogP contribution is -2.08. The van der Waals surface area contributed by atoms with Crippen LogP contribution in [-0.2, 0) is 32.3 Å². The normalized spacial score (nSPS) is 11.6. The number of hydrogen-bond donors (Lipinski definition) is 0. The van der Waals surface area contributed by atoms with Crippen molar-refractivity contribution < 1.29 is 4.42 Å². The Kier molecular flexibility index (Phi) is 3.53. The Balaban J connectivity index is 2.01. The van der Waals surface area contributed by atoms with Crippen molar-refractivity contribution in [1.82, 2.24) is 19.3 Å². The second-order valence-electron chi connectivity index (χ2n) is 4.74. The number of nitrogens with zero attached hydrogens (tertiary/aromatic N) is 4. The molecule has 0 atom stereocenters. The van der Waals surface area contributed by atoms with Gasteiger partial charge in [-0.3, -0.25) is 4.68 Å². The van der Waals surface area contributed by atoms with Gasteiger partial charge in [-0.15, -0.1) is 11.6 Å². The minimum atomic E-state index is 0.399. The molecule has 0 radical (unpaired) electrons. The van der Waals surface area contributed by atoms with Crippen molar-refractivity contribution in [2.45, 2.75) is 32.2 Å². The smallest absolute Gasteiger partial charge is 0.158 e. The number of fused-ring (bicyclic) bond motifs is 1. The molecule has 3 aromatic heterocycles. The summed E-state index contributed by atoms with van der Waals surface area (Å²) in [7, 11) is 1.95. The Morgan fingerprint density at radius 3 is 2.90 bits per heavy atom. The molecule has 3 aromatic rings. The lowest BCUT2D eigenvalue weighted by molar-refractivity contribution is 0.489. The summed E-state index contributed by atoms with van der Waals surface area (Å²) in [4.78, 5) is 4.64. The average Bonchev–Trinajstić information content (AvgIpc) is 3.13. The van der Waals surface area contributed by atoms with E-state index in [0.717, 1.165) is 47.8 Å². The van der Waals surface area contributed by atoms with Crippen molar-refractivity contribution in [3.63, 3.8) is 0 Å². The Hall–Kier alpha value is -1.75. The molecule has 5 nitrogen and oxygen atoms in total. The van der Waals surface area contributed by atoms with Gasteiger partial charge in [0, 0.05) is 20.0 Å². The van der Waals surface area contributed by atoms with E-state index in [2.05, 4.69) is 21.6 Å². The third-order valence-electron chi connectivity index (χ3n) is 3.49. The quantitative estimate of drug-likeness (QED) is 0.679. The van der Waals surface area contributed by atoms with Crippen LogP contribution in [0, 0.1) is 0 Å². The fraction of sp³-hybridized carbons (Fsp3) is 0.429. The molecule has 3 heterocycles. The van der Waals surface area contributed by atoms with Gasteiger partial charge in [-0.25, -0.2) is 4.98 Å². The van der Waals surface area contributed by atoms with Crippen LogP contribution in [0.3, 0.4) is 0 Å². The molecule has 0 amide bonds. The predicted octanol–water partition coefficient (Wildman–Crippen LogP) is 2.91.